The molecule has 0 radical (unpaired) electrons. The minimum absolute atomic E-state index is 0.663. The molecule has 0 amide bonds. The average molecular weight is 200 g/mol. The summed E-state index contributed by atoms with van der Waals surface area (Å²) in [6.45, 7) is 0. The highest BCUT2D eigenvalue weighted by atomic mass is 32.1. The van der Waals surface area contributed by atoms with E-state index in [1.54, 1.807) is 0 Å². The first-order chi connectivity index (χ1) is 6.84. The minimum Gasteiger partial charge on any atom is -0.332 e. The van der Waals surface area contributed by atoms with Gasteiger partial charge in [0.2, 0.25) is 0 Å². The minimum atomic E-state index is 0.663. The quantitative estimate of drug-likeness (QED) is 0.639. The first-order valence-electron chi connectivity index (χ1n) is 4.44. The molecule has 1 heterocycles. The SMILES string of the molecule is S=C1Nc2cccc3cccc(c23)N1. The van der Waals surface area contributed by atoms with Crippen LogP contribution in [-0.4, -0.2) is 5.11 Å². The van der Waals surface area contributed by atoms with Crippen LogP contribution in [0.3, 0.4) is 0 Å². The van der Waals surface area contributed by atoms with E-state index >= 15 is 0 Å². The topological polar surface area (TPSA) is 24.1 Å². The number of thiocarbonyl (C=S) groups is 1. The van der Waals surface area contributed by atoms with Gasteiger partial charge in [0.25, 0.3) is 0 Å². The molecule has 0 saturated heterocycles. The molecule has 0 unspecified atom stereocenters. The molecule has 1 aliphatic rings. The van der Waals surface area contributed by atoms with Gasteiger partial charge in [0, 0.05) is 5.39 Å². The van der Waals surface area contributed by atoms with Crippen LogP contribution in [0, 0.1) is 0 Å². The summed E-state index contributed by atoms with van der Waals surface area (Å²) in [5.41, 5.74) is 2.17. The lowest BCUT2D eigenvalue weighted by Crippen LogP contribution is -2.23. The third-order valence-corrected chi connectivity index (χ3v) is 2.61. The number of hydrogen-bond acceptors (Lipinski definition) is 1. The van der Waals surface area contributed by atoms with Gasteiger partial charge >= 0.3 is 0 Å². The zero-order chi connectivity index (χ0) is 9.54. The molecule has 2 nitrogen and oxygen atoms in total. The Labute approximate surface area is 86.9 Å². The van der Waals surface area contributed by atoms with Crippen molar-refractivity contribution in [2.75, 3.05) is 10.6 Å². The molecule has 1 aliphatic heterocycles. The van der Waals surface area contributed by atoms with E-state index in [0.29, 0.717) is 5.11 Å². The maximum atomic E-state index is 5.11. The molecule has 0 aromatic heterocycles. The summed E-state index contributed by atoms with van der Waals surface area (Å²) < 4.78 is 0. The van der Waals surface area contributed by atoms with E-state index in [-0.39, 0.29) is 0 Å². The van der Waals surface area contributed by atoms with Crippen LogP contribution >= 0.6 is 12.2 Å². The normalized spacial score (nSPS) is 13.6. The fourth-order valence-corrected chi connectivity index (χ4v) is 2.05. The Morgan fingerprint density at radius 3 is 2.00 bits per heavy atom. The number of nitrogens with one attached hydrogen (secondary N) is 2. The van der Waals surface area contributed by atoms with E-state index in [2.05, 4.69) is 22.8 Å². The predicted octanol–water partition coefficient (Wildman–Crippen LogP) is 2.96. The summed E-state index contributed by atoms with van der Waals surface area (Å²) in [4.78, 5) is 0. The van der Waals surface area contributed by atoms with Crippen LogP contribution < -0.4 is 10.6 Å². The maximum absolute atomic E-state index is 5.11. The Bertz CT molecular complexity index is 491. The van der Waals surface area contributed by atoms with Crippen LogP contribution in [0.5, 0.6) is 0 Å². The highest BCUT2D eigenvalue weighted by Gasteiger charge is 2.12. The standard InChI is InChI=1S/C11H8N2S/c14-11-12-8-5-1-3-7-4-2-6-9(13-11)10(7)8/h1-6H,(H2,12,13,14). The smallest absolute Gasteiger partial charge is 0.175 e. The van der Waals surface area contributed by atoms with Gasteiger partial charge in [-0.05, 0) is 29.7 Å². The highest BCUT2D eigenvalue weighted by molar-refractivity contribution is 7.80. The molecule has 0 bridgehead atoms. The molecular formula is C11H8N2S. The summed E-state index contributed by atoms with van der Waals surface area (Å²) >= 11 is 5.11. The fourth-order valence-electron chi connectivity index (χ4n) is 1.83. The summed E-state index contributed by atoms with van der Waals surface area (Å²) in [5, 5.41) is 9.39. The Morgan fingerprint density at radius 2 is 1.43 bits per heavy atom. The Morgan fingerprint density at radius 1 is 0.857 bits per heavy atom. The Kier molecular flexibility index (Phi) is 1.49. The summed E-state index contributed by atoms with van der Waals surface area (Å²) in [5.74, 6) is 0. The molecule has 3 rings (SSSR count). The number of anilines is 2. The Hall–Kier alpha value is -1.61. The lowest BCUT2D eigenvalue weighted by Gasteiger charge is -2.20. The van der Waals surface area contributed by atoms with E-state index in [0.717, 1.165) is 11.4 Å². The summed E-state index contributed by atoms with van der Waals surface area (Å²) in [6.07, 6.45) is 0. The fraction of sp³-hybridized carbons (Fsp3) is 0. The summed E-state index contributed by atoms with van der Waals surface area (Å²) in [7, 11) is 0. The summed E-state index contributed by atoms with van der Waals surface area (Å²) in [6, 6.07) is 12.3. The lowest BCUT2D eigenvalue weighted by atomic mass is 10.1. The molecule has 2 N–H and O–H groups in total. The van der Waals surface area contributed by atoms with Crippen molar-refractivity contribution in [2.45, 2.75) is 0 Å². The van der Waals surface area contributed by atoms with Crippen LogP contribution in [0.15, 0.2) is 36.4 Å². The van der Waals surface area contributed by atoms with E-state index in [1.807, 2.05) is 24.3 Å². The van der Waals surface area contributed by atoms with Gasteiger partial charge in [-0.2, -0.15) is 0 Å². The Balaban J connectivity index is 2.45. The van der Waals surface area contributed by atoms with Crippen molar-refractivity contribution in [3.8, 4) is 0 Å². The number of hydrogen-bond donors (Lipinski definition) is 2. The van der Waals surface area contributed by atoms with Crippen LogP contribution in [0.1, 0.15) is 0 Å². The maximum Gasteiger partial charge on any atom is 0.175 e. The molecule has 0 fully saturated rings. The molecular weight excluding hydrogens is 192 g/mol. The van der Waals surface area contributed by atoms with Crippen LogP contribution in [0.25, 0.3) is 10.8 Å². The van der Waals surface area contributed by atoms with Gasteiger partial charge in [0.15, 0.2) is 5.11 Å². The monoisotopic (exact) mass is 200 g/mol. The van der Waals surface area contributed by atoms with Crippen molar-refractivity contribution < 1.29 is 0 Å². The van der Waals surface area contributed by atoms with E-state index < -0.39 is 0 Å². The molecule has 3 heteroatoms. The lowest BCUT2D eigenvalue weighted by molar-refractivity contribution is 1.60. The molecule has 14 heavy (non-hydrogen) atoms. The second-order valence-electron chi connectivity index (χ2n) is 3.29. The van der Waals surface area contributed by atoms with Crippen molar-refractivity contribution in [3.05, 3.63) is 36.4 Å². The number of benzene rings is 2. The van der Waals surface area contributed by atoms with Gasteiger partial charge < -0.3 is 10.6 Å². The molecule has 2 aromatic rings. The van der Waals surface area contributed by atoms with Gasteiger partial charge in [-0.25, -0.2) is 0 Å². The second kappa shape index (κ2) is 2.69. The molecule has 0 saturated carbocycles. The van der Waals surface area contributed by atoms with E-state index in [1.165, 1.54) is 10.8 Å². The largest absolute Gasteiger partial charge is 0.332 e. The van der Waals surface area contributed by atoms with Crippen molar-refractivity contribution in [1.29, 1.82) is 0 Å². The van der Waals surface area contributed by atoms with Crippen LogP contribution in [0.4, 0.5) is 11.4 Å². The zero-order valence-electron chi connectivity index (χ0n) is 7.37. The van der Waals surface area contributed by atoms with Crippen molar-refractivity contribution in [2.24, 2.45) is 0 Å². The predicted molar refractivity (Wildman–Crippen MR) is 63.8 cm³/mol. The first kappa shape index (κ1) is 7.76. The van der Waals surface area contributed by atoms with E-state index in [4.69, 9.17) is 12.2 Å². The van der Waals surface area contributed by atoms with Crippen molar-refractivity contribution >= 4 is 39.5 Å². The number of rotatable bonds is 0. The van der Waals surface area contributed by atoms with Gasteiger partial charge in [-0.15, -0.1) is 0 Å². The van der Waals surface area contributed by atoms with Crippen molar-refractivity contribution in [1.82, 2.24) is 0 Å². The van der Waals surface area contributed by atoms with Crippen LogP contribution in [0.2, 0.25) is 0 Å². The van der Waals surface area contributed by atoms with Gasteiger partial charge in [0.05, 0.1) is 11.4 Å². The third-order valence-electron chi connectivity index (χ3n) is 2.40. The first-order valence-corrected chi connectivity index (χ1v) is 4.85. The van der Waals surface area contributed by atoms with Gasteiger partial charge in [0.1, 0.15) is 0 Å². The van der Waals surface area contributed by atoms with Crippen molar-refractivity contribution in [3.63, 3.8) is 0 Å². The third kappa shape index (κ3) is 0.992. The molecule has 0 spiro atoms. The van der Waals surface area contributed by atoms with Crippen LogP contribution in [-0.2, 0) is 0 Å². The molecule has 0 aliphatic carbocycles. The van der Waals surface area contributed by atoms with Gasteiger partial charge in [-0.1, -0.05) is 24.3 Å². The van der Waals surface area contributed by atoms with Gasteiger partial charge in [-0.3, -0.25) is 0 Å². The molecule has 68 valence electrons. The second-order valence-corrected chi connectivity index (χ2v) is 3.70. The highest BCUT2D eigenvalue weighted by Crippen LogP contribution is 2.33. The zero-order valence-corrected chi connectivity index (χ0v) is 8.19. The van der Waals surface area contributed by atoms with E-state index in [9.17, 15) is 0 Å². The average Bonchev–Trinajstić information content (AvgIpc) is 2.18. The molecule has 0 atom stereocenters. The molecule has 2 aromatic carbocycles.